The molecule has 4 nitrogen and oxygen atoms in total. The van der Waals surface area contributed by atoms with E-state index in [0.29, 0.717) is 16.5 Å². The topological polar surface area (TPSA) is 72.2 Å². The minimum Gasteiger partial charge on any atom is -0.324 e. The highest BCUT2D eigenvalue weighted by molar-refractivity contribution is 7.89. The Labute approximate surface area is 176 Å². The van der Waals surface area contributed by atoms with Gasteiger partial charge in [-0.2, -0.15) is 0 Å². The smallest absolute Gasteiger partial charge is 0.211 e. The zero-order valence-electron chi connectivity index (χ0n) is 14.9. The summed E-state index contributed by atoms with van der Waals surface area (Å²) in [6, 6.07) is 11.8. The summed E-state index contributed by atoms with van der Waals surface area (Å²) in [7, 11) is -1.80. The average molecular weight is 450 g/mol. The number of halogens is 3. The van der Waals surface area contributed by atoms with Gasteiger partial charge in [-0.05, 0) is 60.7 Å². The van der Waals surface area contributed by atoms with Crippen molar-refractivity contribution >= 4 is 45.6 Å². The molecule has 0 fully saturated rings. The minimum atomic E-state index is -3.23. The second kappa shape index (κ2) is 9.12. The van der Waals surface area contributed by atoms with Gasteiger partial charge in [0.2, 0.25) is 10.0 Å². The van der Waals surface area contributed by atoms with Crippen molar-refractivity contribution in [2.75, 3.05) is 12.8 Å². The first kappa shape index (κ1) is 22.5. The third-order valence-corrected chi connectivity index (χ3v) is 7.11. The SMILES string of the molecule is CNS(=O)(=O)CCc1ccc2c(c1)[C@H](c1ccc(Cl)c(Cl)c1)CCC2N.Cl. The second-order valence-electron chi connectivity index (χ2n) is 6.65. The summed E-state index contributed by atoms with van der Waals surface area (Å²) in [5, 5.41) is 1.08. The van der Waals surface area contributed by atoms with Crippen molar-refractivity contribution in [2.45, 2.75) is 31.2 Å². The Morgan fingerprint density at radius 3 is 2.48 bits per heavy atom. The summed E-state index contributed by atoms with van der Waals surface area (Å²) in [4.78, 5) is 0. The molecule has 1 unspecified atom stereocenters. The number of nitrogens with two attached hydrogens (primary N) is 1. The molecular formula is C19H23Cl3N2O2S. The summed E-state index contributed by atoms with van der Waals surface area (Å²) in [6.45, 7) is 0. The first-order valence-electron chi connectivity index (χ1n) is 8.55. The number of fused-ring (bicyclic) bond motifs is 1. The Balaban J connectivity index is 0.00000261. The maximum absolute atomic E-state index is 11.7. The molecule has 3 rings (SSSR count). The van der Waals surface area contributed by atoms with Crippen LogP contribution in [0.15, 0.2) is 36.4 Å². The largest absolute Gasteiger partial charge is 0.324 e. The van der Waals surface area contributed by atoms with Crippen molar-refractivity contribution in [3.8, 4) is 0 Å². The molecule has 0 aromatic heterocycles. The molecule has 0 heterocycles. The normalized spacial score (nSPS) is 19.3. The number of nitrogens with one attached hydrogen (secondary N) is 1. The first-order chi connectivity index (χ1) is 12.3. The maximum Gasteiger partial charge on any atom is 0.211 e. The molecule has 27 heavy (non-hydrogen) atoms. The molecule has 0 spiro atoms. The molecule has 0 radical (unpaired) electrons. The lowest BCUT2D eigenvalue weighted by Crippen LogP contribution is -2.24. The van der Waals surface area contributed by atoms with Crippen LogP contribution < -0.4 is 10.5 Å². The summed E-state index contributed by atoms with van der Waals surface area (Å²) < 4.78 is 25.8. The van der Waals surface area contributed by atoms with Crippen LogP contribution >= 0.6 is 35.6 Å². The number of aryl methyl sites for hydroxylation is 1. The molecule has 1 aliphatic carbocycles. The molecule has 0 saturated carbocycles. The van der Waals surface area contributed by atoms with Gasteiger partial charge in [0.1, 0.15) is 0 Å². The van der Waals surface area contributed by atoms with E-state index in [1.807, 2.05) is 30.3 Å². The van der Waals surface area contributed by atoms with Crippen LogP contribution in [0.1, 0.15) is 47.1 Å². The van der Waals surface area contributed by atoms with Crippen LogP contribution in [0.25, 0.3) is 0 Å². The van der Waals surface area contributed by atoms with Gasteiger partial charge in [0.15, 0.2) is 0 Å². The second-order valence-corrected chi connectivity index (χ2v) is 9.51. The number of hydrogen-bond acceptors (Lipinski definition) is 3. The highest BCUT2D eigenvalue weighted by Gasteiger charge is 2.27. The Morgan fingerprint density at radius 2 is 1.81 bits per heavy atom. The van der Waals surface area contributed by atoms with Gasteiger partial charge in [-0.3, -0.25) is 0 Å². The molecule has 0 bridgehead atoms. The third-order valence-electron chi connectivity index (χ3n) is 5.01. The Kier molecular flexibility index (Phi) is 7.59. The predicted molar refractivity (Wildman–Crippen MR) is 115 cm³/mol. The highest BCUT2D eigenvalue weighted by atomic mass is 35.5. The van der Waals surface area contributed by atoms with Crippen molar-refractivity contribution in [3.05, 3.63) is 68.7 Å². The predicted octanol–water partition coefficient (Wildman–Crippen LogP) is 4.43. The molecule has 1 aliphatic rings. The minimum absolute atomic E-state index is 0. The average Bonchev–Trinajstić information content (AvgIpc) is 2.63. The number of rotatable bonds is 5. The Morgan fingerprint density at radius 1 is 1.07 bits per heavy atom. The summed E-state index contributed by atoms with van der Waals surface area (Å²) >= 11 is 12.3. The van der Waals surface area contributed by atoms with Crippen LogP contribution in [0, 0.1) is 0 Å². The van der Waals surface area contributed by atoms with Crippen molar-refractivity contribution in [3.63, 3.8) is 0 Å². The van der Waals surface area contributed by atoms with Crippen LogP contribution in [0.5, 0.6) is 0 Å². The lowest BCUT2D eigenvalue weighted by Gasteiger charge is -2.31. The fourth-order valence-electron chi connectivity index (χ4n) is 3.51. The van der Waals surface area contributed by atoms with Crippen LogP contribution in [0.3, 0.4) is 0 Å². The van der Waals surface area contributed by atoms with Gasteiger partial charge in [0, 0.05) is 12.0 Å². The van der Waals surface area contributed by atoms with E-state index < -0.39 is 10.0 Å². The zero-order chi connectivity index (χ0) is 18.9. The third kappa shape index (κ3) is 5.17. The molecule has 2 atom stereocenters. The van der Waals surface area contributed by atoms with Gasteiger partial charge in [0.25, 0.3) is 0 Å². The van der Waals surface area contributed by atoms with E-state index in [2.05, 4.69) is 10.8 Å². The number of sulfonamides is 1. The van der Waals surface area contributed by atoms with E-state index in [1.54, 1.807) is 0 Å². The standard InChI is InChI=1S/C19H22Cl2N2O2S.ClH/c1-23-26(24,25)9-8-12-2-4-15-16(10-12)14(5-7-19(15)22)13-3-6-17(20)18(21)11-13;/h2-4,6,10-11,14,19,23H,5,7-9,22H2,1H3;1H/t14-,19?;/m0./s1. The fourth-order valence-corrected chi connectivity index (χ4v) is 4.52. The molecule has 0 aliphatic heterocycles. The molecule has 0 saturated heterocycles. The highest BCUT2D eigenvalue weighted by Crippen LogP contribution is 2.42. The lowest BCUT2D eigenvalue weighted by atomic mass is 9.76. The molecule has 3 N–H and O–H groups in total. The van der Waals surface area contributed by atoms with Crippen molar-refractivity contribution < 1.29 is 8.42 Å². The van der Waals surface area contributed by atoms with E-state index in [-0.39, 0.29) is 30.1 Å². The first-order valence-corrected chi connectivity index (χ1v) is 11.0. The fraction of sp³-hybridized carbons (Fsp3) is 0.368. The van der Waals surface area contributed by atoms with Gasteiger partial charge in [-0.15, -0.1) is 12.4 Å². The van der Waals surface area contributed by atoms with E-state index in [9.17, 15) is 8.42 Å². The monoisotopic (exact) mass is 448 g/mol. The summed E-state index contributed by atoms with van der Waals surface area (Å²) in [6.07, 6.45) is 2.27. The molecule has 2 aromatic carbocycles. The van der Waals surface area contributed by atoms with Crippen molar-refractivity contribution in [1.82, 2.24) is 4.72 Å². The maximum atomic E-state index is 11.7. The van der Waals surface area contributed by atoms with Gasteiger partial charge in [0.05, 0.1) is 15.8 Å². The zero-order valence-corrected chi connectivity index (χ0v) is 18.1. The Hall–Kier alpha value is -0.820. The molecule has 2 aromatic rings. The van der Waals surface area contributed by atoms with Crippen LogP contribution in [-0.2, 0) is 16.4 Å². The van der Waals surface area contributed by atoms with Gasteiger partial charge >= 0.3 is 0 Å². The molecule has 0 amide bonds. The van der Waals surface area contributed by atoms with Crippen molar-refractivity contribution in [2.24, 2.45) is 5.73 Å². The van der Waals surface area contributed by atoms with Crippen LogP contribution in [0.2, 0.25) is 10.0 Å². The molecule has 8 heteroatoms. The molecular weight excluding hydrogens is 427 g/mol. The number of benzene rings is 2. The van der Waals surface area contributed by atoms with Gasteiger partial charge < -0.3 is 5.73 Å². The quantitative estimate of drug-likeness (QED) is 0.709. The number of hydrogen-bond donors (Lipinski definition) is 2. The van der Waals surface area contributed by atoms with E-state index >= 15 is 0 Å². The van der Waals surface area contributed by atoms with E-state index in [4.69, 9.17) is 28.9 Å². The van der Waals surface area contributed by atoms with Crippen molar-refractivity contribution in [1.29, 1.82) is 0 Å². The lowest BCUT2D eigenvalue weighted by molar-refractivity contribution is 0.529. The van der Waals surface area contributed by atoms with Crippen LogP contribution in [0.4, 0.5) is 0 Å². The Bertz CT molecular complexity index is 919. The summed E-state index contributed by atoms with van der Waals surface area (Å²) in [5.74, 6) is 0.242. The van der Waals surface area contributed by atoms with Gasteiger partial charge in [-0.25, -0.2) is 13.1 Å². The summed E-state index contributed by atoms with van der Waals surface area (Å²) in [5.41, 5.74) is 10.7. The van der Waals surface area contributed by atoms with Crippen LogP contribution in [-0.4, -0.2) is 21.2 Å². The van der Waals surface area contributed by atoms with E-state index in [0.717, 1.165) is 35.1 Å². The van der Waals surface area contributed by atoms with Gasteiger partial charge in [-0.1, -0.05) is 47.5 Å². The van der Waals surface area contributed by atoms with E-state index in [1.165, 1.54) is 7.05 Å². The molecule has 148 valence electrons.